The molecule has 24 heavy (non-hydrogen) atoms. The number of halogens is 1. The molecular formula is C17H17FN4O2. The van der Waals surface area contributed by atoms with Crippen molar-refractivity contribution < 1.29 is 13.9 Å². The summed E-state index contributed by atoms with van der Waals surface area (Å²) < 4.78 is 20.1. The second kappa shape index (κ2) is 6.66. The maximum atomic E-state index is 13.0. The van der Waals surface area contributed by atoms with E-state index in [-0.39, 0.29) is 18.6 Å². The Bertz CT molecular complexity index is 876. The van der Waals surface area contributed by atoms with Crippen molar-refractivity contribution in [2.24, 2.45) is 0 Å². The summed E-state index contributed by atoms with van der Waals surface area (Å²) in [5.74, 6) is -0.460. The number of carbonyl (C=O) groups is 1. The smallest absolute Gasteiger partial charge is 0.262 e. The summed E-state index contributed by atoms with van der Waals surface area (Å²) >= 11 is 0. The third-order valence-electron chi connectivity index (χ3n) is 3.37. The minimum absolute atomic E-state index is 0.204. The Hall–Kier alpha value is -2.96. The van der Waals surface area contributed by atoms with Crippen LogP contribution in [0, 0.1) is 5.82 Å². The number of hydrogen-bond acceptors (Lipinski definition) is 4. The van der Waals surface area contributed by atoms with E-state index in [1.165, 1.54) is 18.2 Å². The molecule has 2 aromatic heterocycles. The molecule has 0 aliphatic carbocycles. The van der Waals surface area contributed by atoms with Gasteiger partial charge in [0.05, 0.1) is 18.1 Å². The monoisotopic (exact) mass is 328 g/mol. The van der Waals surface area contributed by atoms with Crippen molar-refractivity contribution in [3.05, 3.63) is 48.5 Å². The Balaban J connectivity index is 1.65. The largest absolute Gasteiger partial charge is 0.484 e. The number of aromatic nitrogens is 3. The Morgan fingerprint density at radius 3 is 2.92 bits per heavy atom. The second-order valence-electron chi connectivity index (χ2n) is 5.61. The standard InChI is InChI=1S/C17H17FN4O2/c1-11(2)22-17-12(8-20-22)6-14(9-19-17)21-16(23)10-24-15-5-3-4-13(18)7-15/h3-9,11H,10H2,1-2H3,(H,21,23). The van der Waals surface area contributed by atoms with Crippen LogP contribution in [0.5, 0.6) is 5.75 Å². The second-order valence-corrected chi connectivity index (χ2v) is 5.61. The van der Waals surface area contributed by atoms with Crippen LogP contribution in [0.2, 0.25) is 0 Å². The zero-order chi connectivity index (χ0) is 17.1. The lowest BCUT2D eigenvalue weighted by Gasteiger charge is -2.08. The normalized spacial score (nSPS) is 11.0. The van der Waals surface area contributed by atoms with Gasteiger partial charge in [0.25, 0.3) is 5.91 Å². The van der Waals surface area contributed by atoms with Crippen molar-refractivity contribution in [1.29, 1.82) is 0 Å². The molecule has 7 heteroatoms. The minimum Gasteiger partial charge on any atom is -0.484 e. The molecule has 0 saturated carbocycles. The zero-order valence-electron chi connectivity index (χ0n) is 13.4. The first kappa shape index (κ1) is 15.9. The van der Waals surface area contributed by atoms with Gasteiger partial charge in [-0.3, -0.25) is 4.79 Å². The molecule has 6 nitrogen and oxygen atoms in total. The van der Waals surface area contributed by atoms with Crippen molar-refractivity contribution in [3.63, 3.8) is 0 Å². The van der Waals surface area contributed by atoms with Crippen LogP contribution in [0.25, 0.3) is 11.0 Å². The van der Waals surface area contributed by atoms with E-state index in [1.54, 1.807) is 24.5 Å². The minimum atomic E-state index is -0.412. The number of hydrogen-bond donors (Lipinski definition) is 1. The molecule has 0 bridgehead atoms. The lowest BCUT2D eigenvalue weighted by Crippen LogP contribution is -2.20. The topological polar surface area (TPSA) is 69.0 Å². The maximum Gasteiger partial charge on any atom is 0.262 e. The molecule has 2 heterocycles. The summed E-state index contributed by atoms with van der Waals surface area (Å²) in [5.41, 5.74) is 1.32. The first-order chi connectivity index (χ1) is 11.5. The number of fused-ring (bicyclic) bond motifs is 1. The fraction of sp³-hybridized carbons (Fsp3) is 0.235. The Morgan fingerprint density at radius 2 is 2.17 bits per heavy atom. The van der Waals surface area contributed by atoms with Gasteiger partial charge in [-0.05, 0) is 32.0 Å². The summed E-state index contributed by atoms with van der Waals surface area (Å²) in [7, 11) is 0. The summed E-state index contributed by atoms with van der Waals surface area (Å²) in [6.45, 7) is 3.83. The molecule has 0 atom stereocenters. The van der Waals surface area contributed by atoms with Crippen LogP contribution in [0.15, 0.2) is 42.7 Å². The van der Waals surface area contributed by atoms with Gasteiger partial charge in [0.15, 0.2) is 12.3 Å². The van der Waals surface area contributed by atoms with E-state index in [4.69, 9.17) is 4.74 Å². The van der Waals surface area contributed by atoms with Gasteiger partial charge >= 0.3 is 0 Å². The predicted molar refractivity (Wildman–Crippen MR) is 88.4 cm³/mol. The number of benzene rings is 1. The zero-order valence-corrected chi connectivity index (χ0v) is 13.4. The number of nitrogens with zero attached hydrogens (tertiary/aromatic N) is 3. The molecule has 0 saturated heterocycles. The quantitative estimate of drug-likeness (QED) is 0.781. The van der Waals surface area contributed by atoms with Crippen molar-refractivity contribution in [2.45, 2.75) is 19.9 Å². The van der Waals surface area contributed by atoms with Crippen molar-refractivity contribution in [1.82, 2.24) is 14.8 Å². The Kier molecular flexibility index (Phi) is 4.41. The van der Waals surface area contributed by atoms with Gasteiger partial charge < -0.3 is 10.1 Å². The van der Waals surface area contributed by atoms with Gasteiger partial charge in [-0.25, -0.2) is 14.1 Å². The third kappa shape index (κ3) is 3.51. The number of anilines is 1. The molecule has 1 amide bonds. The number of carbonyl (C=O) groups excluding carboxylic acids is 1. The van der Waals surface area contributed by atoms with Crippen LogP contribution in [0.3, 0.4) is 0 Å². The summed E-state index contributed by atoms with van der Waals surface area (Å²) in [4.78, 5) is 16.3. The summed E-state index contributed by atoms with van der Waals surface area (Å²) in [6, 6.07) is 7.65. The fourth-order valence-corrected chi connectivity index (χ4v) is 2.29. The highest BCUT2D eigenvalue weighted by atomic mass is 19.1. The molecule has 124 valence electrons. The molecule has 1 aromatic carbocycles. The SMILES string of the molecule is CC(C)n1ncc2cc(NC(=O)COc3cccc(F)c3)cnc21. The van der Waals surface area contributed by atoms with E-state index in [0.29, 0.717) is 11.4 Å². The van der Waals surface area contributed by atoms with Crippen molar-refractivity contribution in [2.75, 3.05) is 11.9 Å². The Labute approximate surface area is 138 Å². The van der Waals surface area contributed by atoms with Crippen LogP contribution in [0.4, 0.5) is 10.1 Å². The van der Waals surface area contributed by atoms with Gasteiger partial charge in [0, 0.05) is 17.5 Å². The average Bonchev–Trinajstić information content (AvgIpc) is 2.96. The van der Waals surface area contributed by atoms with Gasteiger partial charge in [-0.1, -0.05) is 6.07 Å². The number of ether oxygens (including phenoxy) is 1. The fourth-order valence-electron chi connectivity index (χ4n) is 2.29. The van der Waals surface area contributed by atoms with E-state index in [0.717, 1.165) is 11.0 Å². The predicted octanol–water partition coefficient (Wildman–Crippen LogP) is 3.17. The van der Waals surface area contributed by atoms with E-state index in [2.05, 4.69) is 15.4 Å². The lowest BCUT2D eigenvalue weighted by molar-refractivity contribution is -0.118. The molecule has 0 aliphatic rings. The summed E-state index contributed by atoms with van der Waals surface area (Å²) in [5, 5.41) is 7.82. The molecule has 0 aliphatic heterocycles. The molecule has 1 N–H and O–H groups in total. The molecule has 0 radical (unpaired) electrons. The number of nitrogens with one attached hydrogen (secondary N) is 1. The molecule has 3 aromatic rings. The Morgan fingerprint density at radius 1 is 1.33 bits per heavy atom. The van der Waals surface area contributed by atoms with Crippen LogP contribution >= 0.6 is 0 Å². The van der Waals surface area contributed by atoms with Crippen LogP contribution < -0.4 is 10.1 Å². The van der Waals surface area contributed by atoms with Crippen LogP contribution in [-0.4, -0.2) is 27.3 Å². The highest BCUT2D eigenvalue weighted by Crippen LogP contribution is 2.19. The highest BCUT2D eigenvalue weighted by molar-refractivity contribution is 5.93. The van der Waals surface area contributed by atoms with E-state index >= 15 is 0 Å². The molecule has 0 fully saturated rings. The van der Waals surface area contributed by atoms with E-state index in [1.807, 2.05) is 18.5 Å². The maximum absolute atomic E-state index is 13.0. The molecule has 0 spiro atoms. The van der Waals surface area contributed by atoms with Crippen LogP contribution in [-0.2, 0) is 4.79 Å². The van der Waals surface area contributed by atoms with Gasteiger partial charge in [0.1, 0.15) is 11.6 Å². The third-order valence-corrected chi connectivity index (χ3v) is 3.37. The molecular weight excluding hydrogens is 311 g/mol. The highest BCUT2D eigenvalue weighted by Gasteiger charge is 2.10. The summed E-state index contributed by atoms with van der Waals surface area (Å²) in [6.07, 6.45) is 3.28. The van der Waals surface area contributed by atoms with E-state index in [9.17, 15) is 9.18 Å². The number of amides is 1. The van der Waals surface area contributed by atoms with Gasteiger partial charge in [0.2, 0.25) is 0 Å². The molecule has 0 unspecified atom stereocenters. The number of rotatable bonds is 5. The van der Waals surface area contributed by atoms with Crippen LogP contribution in [0.1, 0.15) is 19.9 Å². The van der Waals surface area contributed by atoms with Crippen molar-refractivity contribution >= 4 is 22.6 Å². The van der Waals surface area contributed by atoms with E-state index < -0.39 is 5.82 Å². The first-order valence-electron chi connectivity index (χ1n) is 7.54. The van der Waals surface area contributed by atoms with Gasteiger partial charge in [-0.2, -0.15) is 5.10 Å². The van der Waals surface area contributed by atoms with Gasteiger partial charge in [-0.15, -0.1) is 0 Å². The molecule has 3 rings (SSSR count). The lowest BCUT2D eigenvalue weighted by atomic mass is 10.3. The average molecular weight is 328 g/mol. The number of pyridine rings is 1. The van der Waals surface area contributed by atoms with Crippen molar-refractivity contribution in [3.8, 4) is 5.75 Å². The first-order valence-corrected chi connectivity index (χ1v) is 7.54.